The van der Waals surface area contributed by atoms with E-state index in [1.165, 1.54) is 31.4 Å². The fourth-order valence-corrected chi connectivity index (χ4v) is 2.23. The van der Waals surface area contributed by atoms with Gasteiger partial charge in [0.15, 0.2) is 0 Å². The zero-order valence-corrected chi connectivity index (χ0v) is 10.7. The van der Waals surface area contributed by atoms with Crippen molar-refractivity contribution in [2.45, 2.75) is 32.6 Å². The molecule has 0 radical (unpaired) electrons. The highest BCUT2D eigenvalue weighted by Gasteiger charge is 2.25. The molecule has 1 aliphatic carbocycles. The fraction of sp³-hybridized carbons (Fsp3) is 0.643. The van der Waals surface area contributed by atoms with Gasteiger partial charge in [0, 0.05) is 19.3 Å². The Kier molecular flexibility index (Phi) is 4.37. The average molecular weight is 233 g/mol. The third-order valence-electron chi connectivity index (χ3n) is 3.25. The maximum absolute atomic E-state index is 5.67. The van der Waals surface area contributed by atoms with E-state index < -0.39 is 0 Å². The zero-order chi connectivity index (χ0) is 12.1. The van der Waals surface area contributed by atoms with Gasteiger partial charge in [0.1, 0.15) is 5.82 Å². The van der Waals surface area contributed by atoms with E-state index in [1.807, 2.05) is 12.3 Å². The molecule has 94 valence electrons. The van der Waals surface area contributed by atoms with Crippen LogP contribution >= 0.6 is 0 Å². The Balaban J connectivity index is 2.14. The number of rotatable bonds is 7. The summed E-state index contributed by atoms with van der Waals surface area (Å²) in [6.07, 6.45) is 6.77. The van der Waals surface area contributed by atoms with Crippen molar-refractivity contribution in [2.75, 3.05) is 24.5 Å². The van der Waals surface area contributed by atoms with Gasteiger partial charge in [-0.1, -0.05) is 13.0 Å². The Morgan fingerprint density at radius 2 is 2.29 bits per heavy atom. The van der Waals surface area contributed by atoms with Crippen LogP contribution in [0.1, 0.15) is 31.7 Å². The second-order valence-corrected chi connectivity index (χ2v) is 4.91. The molecule has 1 fully saturated rings. The minimum Gasteiger partial charge on any atom is -0.356 e. The van der Waals surface area contributed by atoms with Crippen molar-refractivity contribution in [3.8, 4) is 0 Å². The average Bonchev–Trinajstić information content (AvgIpc) is 3.14. The molecule has 2 N–H and O–H groups in total. The van der Waals surface area contributed by atoms with Crippen LogP contribution in [0.3, 0.4) is 0 Å². The molecule has 0 atom stereocenters. The van der Waals surface area contributed by atoms with Crippen LogP contribution in [0.25, 0.3) is 0 Å². The van der Waals surface area contributed by atoms with Crippen molar-refractivity contribution >= 4 is 5.82 Å². The van der Waals surface area contributed by atoms with Crippen LogP contribution in [0, 0.1) is 5.92 Å². The summed E-state index contributed by atoms with van der Waals surface area (Å²) in [5.74, 6) is 2.06. The maximum atomic E-state index is 5.67. The smallest absolute Gasteiger partial charge is 0.131 e. The maximum Gasteiger partial charge on any atom is 0.131 e. The van der Waals surface area contributed by atoms with Crippen molar-refractivity contribution in [1.29, 1.82) is 0 Å². The van der Waals surface area contributed by atoms with E-state index in [-0.39, 0.29) is 0 Å². The highest BCUT2D eigenvalue weighted by Crippen LogP contribution is 2.31. The molecule has 1 heterocycles. The summed E-state index contributed by atoms with van der Waals surface area (Å²) in [7, 11) is 0. The number of pyridine rings is 1. The van der Waals surface area contributed by atoms with Crippen LogP contribution in [-0.2, 0) is 6.42 Å². The molecule has 1 aromatic rings. The van der Waals surface area contributed by atoms with Crippen molar-refractivity contribution in [1.82, 2.24) is 4.98 Å². The highest BCUT2D eigenvalue weighted by molar-refractivity contribution is 5.47. The fourth-order valence-electron chi connectivity index (χ4n) is 2.23. The number of hydrogen-bond donors (Lipinski definition) is 1. The summed E-state index contributed by atoms with van der Waals surface area (Å²) >= 11 is 0. The van der Waals surface area contributed by atoms with Gasteiger partial charge >= 0.3 is 0 Å². The molecule has 3 heteroatoms. The van der Waals surface area contributed by atoms with Crippen LogP contribution in [0.2, 0.25) is 0 Å². The predicted octanol–water partition coefficient (Wildman–Crippen LogP) is 2.21. The molecule has 17 heavy (non-hydrogen) atoms. The summed E-state index contributed by atoms with van der Waals surface area (Å²) in [5.41, 5.74) is 6.97. The Labute approximate surface area is 104 Å². The number of nitrogens with two attached hydrogens (primary N) is 1. The topological polar surface area (TPSA) is 42.2 Å². The van der Waals surface area contributed by atoms with Crippen molar-refractivity contribution in [3.05, 3.63) is 23.9 Å². The van der Waals surface area contributed by atoms with Crippen LogP contribution < -0.4 is 10.6 Å². The first-order valence-corrected chi connectivity index (χ1v) is 6.74. The Hall–Kier alpha value is -1.09. The van der Waals surface area contributed by atoms with E-state index in [0.29, 0.717) is 6.54 Å². The molecule has 0 aromatic carbocycles. The van der Waals surface area contributed by atoms with Gasteiger partial charge in [0.25, 0.3) is 0 Å². The van der Waals surface area contributed by atoms with Gasteiger partial charge in [-0.2, -0.15) is 0 Å². The molecule has 1 saturated carbocycles. The van der Waals surface area contributed by atoms with Crippen LogP contribution in [0.4, 0.5) is 5.82 Å². The van der Waals surface area contributed by atoms with Crippen LogP contribution in [-0.4, -0.2) is 24.6 Å². The van der Waals surface area contributed by atoms with E-state index in [0.717, 1.165) is 24.7 Å². The van der Waals surface area contributed by atoms with E-state index in [1.54, 1.807) is 0 Å². The number of nitrogens with zero attached hydrogens (tertiary/aromatic N) is 2. The third-order valence-corrected chi connectivity index (χ3v) is 3.25. The van der Waals surface area contributed by atoms with Gasteiger partial charge in [0.05, 0.1) is 0 Å². The summed E-state index contributed by atoms with van der Waals surface area (Å²) in [5, 5.41) is 0. The van der Waals surface area contributed by atoms with Crippen molar-refractivity contribution < 1.29 is 0 Å². The number of aromatic nitrogens is 1. The van der Waals surface area contributed by atoms with Gasteiger partial charge in [0.2, 0.25) is 0 Å². The molecule has 0 aliphatic heterocycles. The third kappa shape index (κ3) is 3.43. The van der Waals surface area contributed by atoms with Crippen molar-refractivity contribution in [3.63, 3.8) is 0 Å². The summed E-state index contributed by atoms with van der Waals surface area (Å²) in [4.78, 5) is 7.01. The number of hydrogen-bond acceptors (Lipinski definition) is 3. The van der Waals surface area contributed by atoms with E-state index in [4.69, 9.17) is 5.73 Å². The van der Waals surface area contributed by atoms with Crippen LogP contribution in [0.15, 0.2) is 18.3 Å². The lowest BCUT2D eigenvalue weighted by molar-refractivity contribution is 0.694. The van der Waals surface area contributed by atoms with Crippen LogP contribution in [0.5, 0.6) is 0 Å². The lowest BCUT2D eigenvalue weighted by Gasteiger charge is -2.25. The summed E-state index contributed by atoms with van der Waals surface area (Å²) in [6.45, 7) is 5.20. The Morgan fingerprint density at radius 3 is 2.94 bits per heavy atom. The minimum atomic E-state index is 0.697. The zero-order valence-electron chi connectivity index (χ0n) is 10.7. The molecule has 0 amide bonds. The molecular weight excluding hydrogens is 210 g/mol. The van der Waals surface area contributed by atoms with Gasteiger partial charge < -0.3 is 10.6 Å². The monoisotopic (exact) mass is 233 g/mol. The largest absolute Gasteiger partial charge is 0.356 e. The predicted molar refractivity (Wildman–Crippen MR) is 72.2 cm³/mol. The Bertz CT molecular complexity index is 347. The molecular formula is C14H23N3. The molecule has 1 aromatic heterocycles. The van der Waals surface area contributed by atoms with Gasteiger partial charge in [-0.25, -0.2) is 4.98 Å². The molecule has 0 saturated heterocycles. The highest BCUT2D eigenvalue weighted by atomic mass is 15.2. The van der Waals surface area contributed by atoms with Gasteiger partial charge in [-0.05, 0) is 49.8 Å². The number of anilines is 1. The van der Waals surface area contributed by atoms with E-state index in [9.17, 15) is 0 Å². The van der Waals surface area contributed by atoms with E-state index in [2.05, 4.69) is 22.9 Å². The first-order valence-electron chi connectivity index (χ1n) is 6.74. The minimum absolute atomic E-state index is 0.697. The first-order chi connectivity index (χ1) is 8.35. The standard InChI is InChI=1S/C14H23N3/c1-2-10-17(11-12-5-6-12)14-13(7-8-15)4-3-9-16-14/h3-4,9,12H,2,5-8,10-11,15H2,1H3. The van der Waals surface area contributed by atoms with Gasteiger partial charge in [-0.3, -0.25) is 0 Å². The Morgan fingerprint density at radius 1 is 1.47 bits per heavy atom. The summed E-state index contributed by atoms with van der Waals surface area (Å²) < 4.78 is 0. The molecule has 2 rings (SSSR count). The van der Waals surface area contributed by atoms with E-state index >= 15 is 0 Å². The second-order valence-electron chi connectivity index (χ2n) is 4.91. The second kappa shape index (κ2) is 6.01. The molecule has 0 spiro atoms. The SMILES string of the molecule is CCCN(CC1CC1)c1ncccc1CCN. The van der Waals surface area contributed by atoms with Gasteiger partial charge in [-0.15, -0.1) is 0 Å². The molecule has 0 unspecified atom stereocenters. The quantitative estimate of drug-likeness (QED) is 0.785. The lowest BCUT2D eigenvalue weighted by Crippen LogP contribution is -2.28. The summed E-state index contributed by atoms with van der Waals surface area (Å²) in [6, 6.07) is 4.17. The van der Waals surface area contributed by atoms with Crippen molar-refractivity contribution in [2.24, 2.45) is 11.7 Å². The molecule has 3 nitrogen and oxygen atoms in total. The first kappa shape index (κ1) is 12.4. The molecule has 0 bridgehead atoms. The molecule has 1 aliphatic rings. The lowest BCUT2D eigenvalue weighted by atomic mass is 10.1. The normalized spacial score (nSPS) is 14.9.